The smallest absolute Gasteiger partial charge is 0.0698 e. The van der Waals surface area contributed by atoms with Crippen molar-refractivity contribution in [2.24, 2.45) is 0 Å². The van der Waals surface area contributed by atoms with Crippen LogP contribution in [0.15, 0.2) is 10.7 Å². The second-order valence-electron chi connectivity index (χ2n) is 5.15. The van der Waals surface area contributed by atoms with Crippen LogP contribution in [0.2, 0.25) is 0 Å². The molecule has 0 aliphatic rings. The molecular formula is C14H26BrN3O. The topological polar surface area (TPSA) is 39.1 Å². The minimum atomic E-state index is 0.287. The number of methoxy groups -OCH3 is 1. The van der Waals surface area contributed by atoms with Gasteiger partial charge in [0.25, 0.3) is 0 Å². The largest absolute Gasteiger partial charge is 0.382 e. The van der Waals surface area contributed by atoms with Gasteiger partial charge in [0, 0.05) is 13.2 Å². The van der Waals surface area contributed by atoms with Gasteiger partial charge < -0.3 is 10.1 Å². The van der Waals surface area contributed by atoms with Crippen LogP contribution in [0, 0.1) is 0 Å². The Labute approximate surface area is 125 Å². The second-order valence-corrected chi connectivity index (χ2v) is 6.00. The first-order valence-corrected chi connectivity index (χ1v) is 7.79. The fraction of sp³-hybridized carbons (Fsp3) is 0.786. The maximum atomic E-state index is 5.34. The van der Waals surface area contributed by atoms with Gasteiger partial charge in [-0.2, -0.15) is 5.10 Å². The molecule has 19 heavy (non-hydrogen) atoms. The summed E-state index contributed by atoms with van der Waals surface area (Å²) in [6, 6.07) is 0.671. The van der Waals surface area contributed by atoms with E-state index in [1.54, 1.807) is 7.11 Å². The van der Waals surface area contributed by atoms with Crippen molar-refractivity contribution in [3.05, 3.63) is 16.4 Å². The molecule has 2 atom stereocenters. The van der Waals surface area contributed by atoms with Crippen LogP contribution in [0.25, 0.3) is 0 Å². The summed E-state index contributed by atoms with van der Waals surface area (Å²) in [6.07, 6.45) is 4.25. The van der Waals surface area contributed by atoms with Gasteiger partial charge >= 0.3 is 0 Å². The molecule has 0 aliphatic carbocycles. The number of rotatable bonds is 8. The number of nitrogens with zero attached hydrogens (tertiary/aromatic N) is 2. The average Bonchev–Trinajstić information content (AvgIpc) is 2.76. The molecular weight excluding hydrogens is 306 g/mol. The number of aromatic nitrogens is 2. The molecule has 1 heterocycles. The molecule has 0 amide bonds. The maximum absolute atomic E-state index is 5.34. The van der Waals surface area contributed by atoms with Crippen molar-refractivity contribution in [3.63, 3.8) is 0 Å². The van der Waals surface area contributed by atoms with Crippen molar-refractivity contribution in [3.8, 4) is 0 Å². The van der Waals surface area contributed by atoms with Gasteiger partial charge in [-0.1, -0.05) is 6.92 Å². The number of nitrogens with one attached hydrogen (secondary N) is 1. The van der Waals surface area contributed by atoms with Gasteiger partial charge in [-0.25, -0.2) is 0 Å². The SMILES string of the molecule is CCNC(CCC(C)OC)c1c(Br)cnn1C(C)C. The standard InChI is InChI=1S/C14H26BrN3O/c1-6-16-13(8-7-11(4)19-5)14-12(15)9-17-18(14)10(2)3/h9-11,13,16H,6-8H2,1-5H3. The van der Waals surface area contributed by atoms with E-state index in [2.05, 4.69) is 58.7 Å². The minimum absolute atomic E-state index is 0.287. The summed E-state index contributed by atoms with van der Waals surface area (Å²) < 4.78 is 8.51. The summed E-state index contributed by atoms with van der Waals surface area (Å²) in [6.45, 7) is 9.50. The zero-order valence-electron chi connectivity index (χ0n) is 12.6. The quantitative estimate of drug-likeness (QED) is 0.789. The van der Waals surface area contributed by atoms with Gasteiger partial charge in [0.15, 0.2) is 0 Å². The molecule has 0 saturated carbocycles. The van der Waals surface area contributed by atoms with E-state index in [4.69, 9.17) is 4.74 Å². The molecule has 1 rings (SSSR count). The third-order valence-corrected chi connectivity index (χ3v) is 3.93. The molecule has 0 fully saturated rings. The molecule has 1 aromatic rings. The average molecular weight is 332 g/mol. The number of hydrogen-bond acceptors (Lipinski definition) is 3. The molecule has 0 radical (unpaired) electrons. The lowest BCUT2D eigenvalue weighted by molar-refractivity contribution is 0.105. The maximum Gasteiger partial charge on any atom is 0.0698 e. The van der Waals surface area contributed by atoms with Crippen LogP contribution in [0.4, 0.5) is 0 Å². The van der Waals surface area contributed by atoms with Crippen molar-refractivity contribution in [1.29, 1.82) is 0 Å². The Balaban J connectivity index is 2.88. The molecule has 5 heteroatoms. The lowest BCUT2D eigenvalue weighted by Gasteiger charge is -2.23. The zero-order valence-corrected chi connectivity index (χ0v) is 14.2. The van der Waals surface area contributed by atoms with Crippen LogP contribution in [0.1, 0.15) is 58.3 Å². The van der Waals surface area contributed by atoms with Gasteiger partial charge in [0.05, 0.1) is 28.5 Å². The summed E-state index contributed by atoms with van der Waals surface area (Å²) in [5, 5.41) is 8.02. The molecule has 0 bridgehead atoms. The van der Waals surface area contributed by atoms with Crippen LogP contribution in [0.5, 0.6) is 0 Å². The molecule has 1 aromatic heterocycles. The van der Waals surface area contributed by atoms with Crippen LogP contribution >= 0.6 is 15.9 Å². The van der Waals surface area contributed by atoms with E-state index in [9.17, 15) is 0 Å². The Bertz CT molecular complexity index is 379. The summed E-state index contributed by atoms with van der Waals surface area (Å²) in [5.41, 5.74) is 1.24. The third-order valence-electron chi connectivity index (χ3n) is 3.32. The normalized spacial score (nSPS) is 14.9. The van der Waals surface area contributed by atoms with Gasteiger partial charge in [-0.3, -0.25) is 4.68 Å². The Morgan fingerprint density at radius 3 is 2.58 bits per heavy atom. The lowest BCUT2D eigenvalue weighted by atomic mass is 10.0. The van der Waals surface area contributed by atoms with E-state index in [0.29, 0.717) is 12.1 Å². The van der Waals surface area contributed by atoms with E-state index in [-0.39, 0.29) is 6.10 Å². The first-order valence-electron chi connectivity index (χ1n) is 7.00. The summed E-state index contributed by atoms with van der Waals surface area (Å²) in [4.78, 5) is 0. The van der Waals surface area contributed by atoms with Crippen molar-refractivity contribution in [2.45, 2.75) is 58.7 Å². The predicted octanol–water partition coefficient (Wildman–Crippen LogP) is 3.69. The van der Waals surface area contributed by atoms with Crippen LogP contribution < -0.4 is 5.32 Å². The highest BCUT2D eigenvalue weighted by atomic mass is 79.9. The summed E-state index contributed by atoms with van der Waals surface area (Å²) >= 11 is 3.63. The van der Waals surface area contributed by atoms with Crippen molar-refractivity contribution < 1.29 is 4.74 Å². The molecule has 0 aliphatic heterocycles. The second kappa shape index (κ2) is 8.02. The Hall–Kier alpha value is -0.390. The third kappa shape index (κ3) is 4.58. The summed E-state index contributed by atoms with van der Waals surface area (Å²) in [7, 11) is 1.77. The van der Waals surface area contributed by atoms with Crippen LogP contribution in [0.3, 0.4) is 0 Å². The lowest BCUT2D eigenvalue weighted by Crippen LogP contribution is -2.26. The first kappa shape index (κ1) is 16.7. The van der Waals surface area contributed by atoms with Gasteiger partial charge in [0.1, 0.15) is 0 Å². The molecule has 4 nitrogen and oxygen atoms in total. The van der Waals surface area contributed by atoms with Crippen molar-refractivity contribution in [2.75, 3.05) is 13.7 Å². The van der Waals surface area contributed by atoms with Crippen LogP contribution in [-0.4, -0.2) is 29.5 Å². The van der Waals surface area contributed by atoms with Gasteiger partial charge in [-0.05, 0) is 56.1 Å². The Morgan fingerprint density at radius 2 is 2.05 bits per heavy atom. The molecule has 110 valence electrons. The fourth-order valence-corrected chi connectivity index (χ4v) is 2.74. The monoisotopic (exact) mass is 331 g/mol. The van der Waals surface area contributed by atoms with Crippen molar-refractivity contribution in [1.82, 2.24) is 15.1 Å². The highest BCUT2D eigenvalue weighted by Crippen LogP contribution is 2.29. The van der Waals surface area contributed by atoms with Crippen LogP contribution in [-0.2, 0) is 4.74 Å². The highest BCUT2D eigenvalue weighted by Gasteiger charge is 2.21. The summed E-state index contributed by atoms with van der Waals surface area (Å²) in [5.74, 6) is 0. The van der Waals surface area contributed by atoms with E-state index in [0.717, 1.165) is 23.9 Å². The Morgan fingerprint density at radius 1 is 1.37 bits per heavy atom. The zero-order chi connectivity index (χ0) is 14.4. The van der Waals surface area contributed by atoms with Gasteiger partial charge in [0.2, 0.25) is 0 Å². The number of halogens is 1. The van der Waals surface area contributed by atoms with E-state index in [1.807, 2.05) is 6.20 Å². The van der Waals surface area contributed by atoms with Crippen molar-refractivity contribution >= 4 is 15.9 Å². The molecule has 2 unspecified atom stereocenters. The molecule has 0 aromatic carbocycles. The van der Waals surface area contributed by atoms with E-state index >= 15 is 0 Å². The predicted molar refractivity (Wildman–Crippen MR) is 82.4 cm³/mol. The molecule has 0 spiro atoms. The molecule has 0 saturated heterocycles. The number of hydrogen-bond donors (Lipinski definition) is 1. The van der Waals surface area contributed by atoms with E-state index < -0.39 is 0 Å². The minimum Gasteiger partial charge on any atom is -0.382 e. The first-order chi connectivity index (χ1) is 9.01. The number of ether oxygens (including phenoxy) is 1. The molecule has 1 N–H and O–H groups in total. The fourth-order valence-electron chi connectivity index (χ4n) is 2.19. The Kier molecular flexibility index (Phi) is 7.04. The van der Waals surface area contributed by atoms with E-state index in [1.165, 1.54) is 5.69 Å². The highest BCUT2D eigenvalue weighted by molar-refractivity contribution is 9.10. The van der Waals surface area contributed by atoms with Gasteiger partial charge in [-0.15, -0.1) is 0 Å².